The van der Waals surface area contributed by atoms with Gasteiger partial charge in [-0.2, -0.15) is 0 Å². The Morgan fingerprint density at radius 2 is 1.04 bits per heavy atom. The molecule has 1 heteroatoms. The summed E-state index contributed by atoms with van der Waals surface area (Å²) >= 11 is 0. The van der Waals surface area contributed by atoms with Crippen LogP contribution in [0.2, 0.25) is 0 Å². The van der Waals surface area contributed by atoms with Crippen molar-refractivity contribution < 1.29 is 4.79 Å². The molecular weight excluding hydrogens is 340 g/mol. The first-order valence-corrected chi connectivity index (χ1v) is 11.1. The zero-order chi connectivity index (χ0) is 19.8. The second kappa shape index (κ2) is 7.85. The molecule has 0 heterocycles. The normalized spacial score (nSPS) is 18.7. The summed E-state index contributed by atoms with van der Waals surface area (Å²) in [6.07, 6.45) is 6.60. The van der Waals surface area contributed by atoms with Gasteiger partial charge in [-0.15, -0.1) is 0 Å². The van der Waals surface area contributed by atoms with Crippen molar-refractivity contribution in [1.29, 1.82) is 0 Å². The highest BCUT2D eigenvalue weighted by Gasteiger charge is 2.38. The third-order valence-electron chi connectivity index (χ3n) is 7.10. The molecule has 0 spiro atoms. The molecule has 0 aromatic heterocycles. The minimum absolute atomic E-state index is 0.423. The number of benzene rings is 2. The second-order valence-corrected chi connectivity index (χ2v) is 9.45. The maximum Gasteiger partial charge on any atom is 0.134 e. The number of hydrogen-bond donors (Lipinski definition) is 0. The van der Waals surface area contributed by atoms with Gasteiger partial charge in [-0.05, 0) is 110 Å². The molecule has 0 aliphatic heterocycles. The summed E-state index contributed by atoms with van der Waals surface area (Å²) in [5, 5.41) is 0. The van der Waals surface area contributed by atoms with E-state index in [1.807, 2.05) is 0 Å². The van der Waals surface area contributed by atoms with Gasteiger partial charge in [-0.25, -0.2) is 0 Å². The lowest BCUT2D eigenvalue weighted by Crippen LogP contribution is -2.16. The Balaban J connectivity index is 1.55. The van der Waals surface area contributed by atoms with Gasteiger partial charge in [0.2, 0.25) is 0 Å². The van der Waals surface area contributed by atoms with Crippen LogP contribution < -0.4 is 0 Å². The Labute approximate surface area is 170 Å². The fourth-order valence-electron chi connectivity index (χ4n) is 5.40. The number of aryl methyl sites for hydroxylation is 4. The van der Waals surface area contributed by atoms with Crippen LogP contribution in [0.15, 0.2) is 36.4 Å². The number of carbonyl (C=O) groups excluding carboxylic acids is 1. The first kappa shape index (κ1) is 19.4. The van der Waals surface area contributed by atoms with Gasteiger partial charge in [0.05, 0.1) is 0 Å². The van der Waals surface area contributed by atoms with Gasteiger partial charge in [0, 0.05) is 12.8 Å². The zero-order valence-electron chi connectivity index (χ0n) is 17.9. The van der Waals surface area contributed by atoms with E-state index in [0.29, 0.717) is 29.5 Å². The summed E-state index contributed by atoms with van der Waals surface area (Å²) in [7, 11) is 0. The molecular formula is C27H34O. The highest BCUT2D eigenvalue weighted by atomic mass is 16.1. The molecule has 0 N–H and O–H groups in total. The van der Waals surface area contributed by atoms with Gasteiger partial charge in [0.25, 0.3) is 0 Å². The van der Waals surface area contributed by atoms with Crippen LogP contribution >= 0.6 is 0 Å². The van der Waals surface area contributed by atoms with E-state index in [0.717, 1.165) is 12.8 Å². The molecule has 0 bridgehead atoms. The summed E-state index contributed by atoms with van der Waals surface area (Å²) in [5.74, 6) is 2.74. The van der Waals surface area contributed by atoms with Crippen LogP contribution in [0, 0.1) is 39.5 Å². The lowest BCUT2D eigenvalue weighted by molar-refractivity contribution is -0.120. The molecule has 0 amide bonds. The summed E-state index contributed by atoms with van der Waals surface area (Å²) in [4.78, 5) is 13.3. The van der Waals surface area contributed by atoms with E-state index in [4.69, 9.17) is 0 Å². The largest absolute Gasteiger partial charge is 0.300 e. The topological polar surface area (TPSA) is 17.1 Å². The predicted octanol–water partition coefficient (Wildman–Crippen LogP) is 6.96. The van der Waals surface area contributed by atoms with Crippen LogP contribution in [0.25, 0.3) is 0 Å². The molecule has 2 aliphatic carbocycles. The van der Waals surface area contributed by atoms with Crippen molar-refractivity contribution in [3.8, 4) is 0 Å². The van der Waals surface area contributed by atoms with E-state index in [9.17, 15) is 4.79 Å². The fourth-order valence-corrected chi connectivity index (χ4v) is 5.40. The standard InChI is InChI=1S/C27H34O/c1-17-7-5-8-18(2)26(17)24(21-11-12-21)15-23(28)16-25(22-13-14-22)27-19(3)9-6-10-20(27)4/h5-10,21-22,24-25H,11-16H2,1-4H3/t24-,25-/m1/s1. The molecule has 2 aromatic carbocycles. The highest BCUT2D eigenvalue weighted by Crippen LogP contribution is 2.49. The molecule has 0 unspecified atom stereocenters. The average Bonchev–Trinajstić information content (AvgIpc) is 3.53. The van der Waals surface area contributed by atoms with Crippen molar-refractivity contribution in [3.63, 3.8) is 0 Å². The number of ketones is 1. The molecule has 2 aliphatic rings. The third-order valence-corrected chi connectivity index (χ3v) is 7.10. The Morgan fingerprint density at radius 3 is 1.32 bits per heavy atom. The zero-order valence-corrected chi connectivity index (χ0v) is 17.9. The van der Waals surface area contributed by atoms with E-state index in [1.165, 1.54) is 59.1 Å². The van der Waals surface area contributed by atoms with Crippen molar-refractivity contribution in [2.75, 3.05) is 0 Å². The second-order valence-electron chi connectivity index (χ2n) is 9.45. The van der Waals surface area contributed by atoms with Crippen molar-refractivity contribution in [3.05, 3.63) is 69.8 Å². The maximum absolute atomic E-state index is 13.3. The van der Waals surface area contributed by atoms with Gasteiger partial charge in [-0.3, -0.25) is 4.79 Å². The van der Waals surface area contributed by atoms with Gasteiger partial charge in [-0.1, -0.05) is 36.4 Å². The molecule has 4 rings (SSSR count). The molecule has 1 nitrogen and oxygen atoms in total. The van der Waals surface area contributed by atoms with Crippen LogP contribution in [-0.4, -0.2) is 5.78 Å². The first-order valence-electron chi connectivity index (χ1n) is 11.1. The van der Waals surface area contributed by atoms with Crippen LogP contribution in [-0.2, 0) is 4.79 Å². The lowest BCUT2D eigenvalue weighted by atomic mass is 9.79. The van der Waals surface area contributed by atoms with Crippen LogP contribution in [0.4, 0.5) is 0 Å². The number of Topliss-reactive ketones (excluding diaryl/α,β-unsaturated/α-hetero) is 1. The summed E-state index contributed by atoms with van der Waals surface area (Å²) in [6.45, 7) is 8.86. The Morgan fingerprint density at radius 1 is 0.714 bits per heavy atom. The fraction of sp³-hybridized carbons (Fsp3) is 0.519. The summed E-state index contributed by atoms with van der Waals surface area (Å²) in [5.41, 5.74) is 8.34. The van der Waals surface area contributed by atoms with Gasteiger partial charge in [0.15, 0.2) is 0 Å². The Hall–Kier alpha value is -1.89. The van der Waals surface area contributed by atoms with E-state index in [1.54, 1.807) is 0 Å². The minimum atomic E-state index is 0.423. The molecule has 28 heavy (non-hydrogen) atoms. The quantitative estimate of drug-likeness (QED) is 0.488. The molecule has 0 radical (unpaired) electrons. The van der Waals surface area contributed by atoms with E-state index in [2.05, 4.69) is 64.1 Å². The van der Waals surface area contributed by atoms with Crippen molar-refractivity contribution in [2.24, 2.45) is 11.8 Å². The average molecular weight is 375 g/mol. The van der Waals surface area contributed by atoms with Crippen molar-refractivity contribution >= 4 is 5.78 Å². The van der Waals surface area contributed by atoms with Crippen LogP contribution in [0.3, 0.4) is 0 Å². The molecule has 2 aromatic rings. The van der Waals surface area contributed by atoms with Gasteiger partial charge >= 0.3 is 0 Å². The van der Waals surface area contributed by atoms with E-state index >= 15 is 0 Å². The molecule has 0 saturated heterocycles. The predicted molar refractivity (Wildman–Crippen MR) is 117 cm³/mol. The molecule has 2 atom stereocenters. The Bertz CT molecular complexity index is 758. The minimum Gasteiger partial charge on any atom is -0.300 e. The van der Waals surface area contributed by atoms with E-state index < -0.39 is 0 Å². The summed E-state index contributed by atoms with van der Waals surface area (Å²) in [6, 6.07) is 13.1. The van der Waals surface area contributed by atoms with Gasteiger partial charge < -0.3 is 0 Å². The lowest BCUT2D eigenvalue weighted by Gasteiger charge is -2.24. The molecule has 148 valence electrons. The van der Waals surface area contributed by atoms with Crippen molar-refractivity contribution in [1.82, 2.24) is 0 Å². The highest BCUT2D eigenvalue weighted by molar-refractivity contribution is 5.80. The Kier molecular flexibility index (Phi) is 5.45. The number of carbonyl (C=O) groups is 1. The third kappa shape index (κ3) is 4.09. The number of rotatable bonds is 8. The van der Waals surface area contributed by atoms with Gasteiger partial charge in [0.1, 0.15) is 5.78 Å². The molecule has 2 saturated carbocycles. The summed E-state index contributed by atoms with van der Waals surface area (Å²) < 4.78 is 0. The van der Waals surface area contributed by atoms with Crippen LogP contribution in [0.1, 0.15) is 83.7 Å². The van der Waals surface area contributed by atoms with Crippen LogP contribution in [0.5, 0.6) is 0 Å². The molecule has 2 fully saturated rings. The SMILES string of the molecule is Cc1cccc(C)c1[C@H](CC(=O)C[C@@H](c1c(C)cccc1C)C1CC1)C1CC1. The number of hydrogen-bond acceptors (Lipinski definition) is 1. The van der Waals surface area contributed by atoms with Crippen molar-refractivity contribution in [2.45, 2.75) is 78.1 Å². The smallest absolute Gasteiger partial charge is 0.134 e. The monoisotopic (exact) mass is 374 g/mol. The first-order chi connectivity index (χ1) is 13.5. The maximum atomic E-state index is 13.3. The van der Waals surface area contributed by atoms with E-state index in [-0.39, 0.29) is 0 Å².